The molecule has 0 aliphatic heterocycles. The Morgan fingerprint density at radius 3 is 2.46 bits per heavy atom. The molecule has 0 aliphatic carbocycles. The second kappa shape index (κ2) is 9.22. The fourth-order valence-electron chi connectivity index (χ4n) is 2.68. The highest BCUT2D eigenvalue weighted by Crippen LogP contribution is 2.22. The molecule has 1 heterocycles. The highest BCUT2D eigenvalue weighted by molar-refractivity contribution is 5.57. The molecule has 3 aromatic rings. The van der Waals surface area contributed by atoms with Crippen LogP contribution in [0.25, 0.3) is 11.3 Å². The second-order valence-electron chi connectivity index (χ2n) is 6.49. The van der Waals surface area contributed by atoms with Crippen LogP contribution in [0.5, 0.6) is 5.75 Å². The Bertz CT molecular complexity index is 797. The zero-order valence-electron chi connectivity index (χ0n) is 15.4. The van der Waals surface area contributed by atoms with E-state index in [1.807, 2.05) is 62.6 Å². The van der Waals surface area contributed by atoms with Crippen LogP contribution in [0.15, 0.2) is 71.1 Å². The number of nitrogens with one attached hydrogen (secondary N) is 1. The summed E-state index contributed by atoms with van der Waals surface area (Å²) in [6.07, 6.45) is 0. The molecule has 0 fully saturated rings. The van der Waals surface area contributed by atoms with Crippen molar-refractivity contribution in [2.24, 2.45) is 0 Å². The van der Waals surface area contributed by atoms with E-state index < -0.39 is 0 Å². The molecule has 0 aliphatic rings. The van der Waals surface area contributed by atoms with Crippen molar-refractivity contribution in [3.05, 3.63) is 78.1 Å². The number of furan rings is 1. The molecule has 0 spiro atoms. The lowest BCUT2D eigenvalue weighted by atomic mass is 10.2. The SMILES string of the molecule is CN(C)CCOc1ccccc1CNCc1ccc(-c2ccccc2)o1. The smallest absolute Gasteiger partial charge is 0.134 e. The molecule has 4 nitrogen and oxygen atoms in total. The van der Waals surface area contributed by atoms with Crippen molar-refractivity contribution in [2.45, 2.75) is 13.1 Å². The first-order chi connectivity index (χ1) is 12.7. The number of nitrogens with zero attached hydrogens (tertiary/aromatic N) is 1. The first-order valence-corrected chi connectivity index (χ1v) is 8.92. The highest BCUT2D eigenvalue weighted by Gasteiger charge is 2.06. The van der Waals surface area contributed by atoms with E-state index in [9.17, 15) is 0 Å². The summed E-state index contributed by atoms with van der Waals surface area (Å²) in [5.41, 5.74) is 2.25. The average molecular weight is 350 g/mol. The fourth-order valence-corrected chi connectivity index (χ4v) is 2.68. The van der Waals surface area contributed by atoms with Gasteiger partial charge in [0.25, 0.3) is 0 Å². The van der Waals surface area contributed by atoms with E-state index in [2.05, 4.69) is 28.4 Å². The third kappa shape index (κ3) is 5.22. The van der Waals surface area contributed by atoms with Crippen molar-refractivity contribution in [3.63, 3.8) is 0 Å². The maximum Gasteiger partial charge on any atom is 0.134 e. The lowest BCUT2D eigenvalue weighted by Crippen LogP contribution is -2.20. The molecule has 1 aromatic heterocycles. The monoisotopic (exact) mass is 350 g/mol. The third-order valence-corrected chi connectivity index (χ3v) is 4.10. The van der Waals surface area contributed by atoms with Crippen molar-refractivity contribution < 1.29 is 9.15 Å². The van der Waals surface area contributed by atoms with Gasteiger partial charge >= 0.3 is 0 Å². The van der Waals surface area contributed by atoms with Gasteiger partial charge in [-0.2, -0.15) is 0 Å². The van der Waals surface area contributed by atoms with Gasteiger partial charge in [-0.15, -0.1) is 0 Å². The van der Waals surface area contributed by atoms with Crippen LogP contribution in [-0.4, -0.2) is 32.1 Å². The normalized spacial score (nSPS) is 11.0. The van der Waals surface area contributed by atoms with Gasteiger partial charge in [-0.3, -0.25) is 0 Å². The molecule has 136 valence electrons. The molecule has 0 saturated heterocycles. The van der Waals surface area contributed by atoms with Gasteiger partial charge in [-0.1, -0.05) is 48.5 Å². The Morgan fingerprint density at radius 1 is 0.885 bits per heavy atom. The molecule has 26 heavy (non-hydrogen) atoms. The molecule has 2 aromatic carbocycles. The first kappa shape index (κ1) is 18.2. The minimum atomic E-state index is 0.679. The summed E-state index contributed by atoms with van der Waals surface area (Å²) in [6.45, 7) is 3.00. The average Bonchev–Trinajstić information content (AvgIpc) is 3.12. The maximum absolute atomic E-state index is 5.93. The molecular formula is C22H26N2O2. The zero-order valence-corrected chi connectivity index (χ0v) is 15.4. The van der Waals surface area contributed by atoms with Gasteiger partial charge in [0, 0.05) is 24.2 Å². The van der Waals surface area contributed by atoms with Gasteiger partial charge in [0.1, 0.15) is 23.9 Å². The first-order valence-electron chi connectivity index (χ1n) is 8.92. The summed E-state index contributed by atoms with van der Waals surface area (Å²) in [5.74, 6) is 2.76. The van der Waals surface area contributed by atoms with Gasteiger partial charge in [-0.25, -0.2) is 0 Å². The molecular weight excluding hydrogens is 324 g/mol. The standard InChI is InChI=1S/C22H26N2O2/c1-24(2)14-15-25-21-11-7-6-10-19(21)16-23-17-20-12-13-22(26-20)18-8-4-3-5-9-18/h3-13,23H,14-17H2,1-2H3. The van der Waals surface area contributed by atoms with Gasteiger partial charge < -0.3 is 19.4 Å². The van der Waals surface area contributed by atoms with E-state index >= 15 is 0 Å². The molecule has 0 atom stereocenters. The van der Waals surface area contributed by atoms with Crippen LogP contribution >= 0.6 is 0 Å². The maximum atomic E-state index is 5.93. The van der Waals surface area contributed by atoms with Crippen LogP contribution in [0.4, 0.5) is 0 Å². The number of ether oxygens (including phenoxy) is 1. The zero-order chi connectivity index (χ0) is 18.2. The molecule has 0 bridgehead atoms. The summed E-state index contributed by atoms with van der Waals surface area (Å²) < 4.78 is 11.8. The predicted octanol–water partition coefficient (Wildman–Crippen LogP) is 4.18. The van der Waals surface area contributed by atoms with Crippen molar-refractivity contribution in [2.75, 3.05) is 27.2 Å². The largest absolute Gasteiger partial charge is 0.492 e. The van der Waals surface area contributed by atoms with Crippen LogP contribution in [0.1, 0.15) is 11.3 Å². The van der Waals surface area contributed by atoms with E-state index in [-0.39, 0.29) is 0 Å². The van der Waals surface area contributed by atoms with E-state index in [1.165, 1.54) is 0 Å². The van der Waals surface area contributed by atoms with Crippen molar-refractivity contribution >= 4 is 0 Å². The van der Waals surface area contributed by atoms with Gasteiger partial charge in [0.15, 0.2) is 0 Å². The Labute approximate surface area is 155 Å². The van der Waals surface area contributed by atoms with Crippen LogP contribution < -0.4 is 10.1 Å². The Balaban J connectivity index is 1.53. The Hall–Kier alpha value is -2.56. The summed E-state index contributed by atoms with van der Waals surface area (Å²) >= 11 is 0. The lowest BCUT2D eigenvalue weighted by molar-refractivity contribution is 0.259. The molecule has 0 unspecified atom stereocenters. The molecule has 0 amide bonds. The summed E-state index contributed by atoms with van der Waals surface area (Å²) in [7, 11) is 4.09. The third-order valence-electron chi connectivity index (χ3n) is 4.10. The summed E-state index contributed by atoms with van der Waals surface area (Å²) in [4.78, 5) is 2.11. The van der Waals surface area contributed by atoms with Crippen LogP contribution in [0.2, 0.25) is 0 Å². The number of likely N-dealkylation sites (N-methyl/N-ethyl adjacent to an activating group) is 1. The molecule has 3 rings (SSSR count). The summed E-state index contributed by atoms with van der Waals surface area (Å²) in [5, 5.41) is 3.44. The minimum Gasteiger partial charge on any atom is -0.492 e. The topological polar surface area (TPSA) is 37.6 Å². The number of hydrogen-bond donors (Lipinski definition) is 1. The number of rotatable bonds is 9. The fraction of sp³-hybridized carbons (Fsp3) is 0.273. The second-order valence-corrected chi connectivity index (χ2v) is 6.49. The van der Waals surface area contributed by atoms with E-state index in [0.717, 1.165) is 41.5 Å². The Morgan fingerprint density at radius 2 is 1.65 bits per heavy atom. The number of benzene rings is 2. The highest BCUT2D eigenvalue weighted by atomic mass is 16.5. The predicted molar refractivity (Wildman–Crippen MR) is 105 cm³/mol. The van der Waals surface area contributed by atoms with Crippen LogP contribution in [-0.2, 0) is 13.1 Å². The lowest BCUT2D eigenvalue weighted by Gasteiger charge is -2.14. The molecule has 0 saturated carbocycles. The quantitative estimate of drug-likeness (QED) is 0.628. The van der Waals surface area contributed by atoms with Gasteiger partial charge in [0.2, 0.25) is 0 Å². The molecule has 4 heteroatoms. The minimum absolute atomic E-state index is 0.679. The number of para-hydroxylation sites is 1. The van der Waals surface area contributed by atoms with E-state index in [1.54, 1.807) is 0 Å². The molecule has 0 radical (unpaired) electrons. The van der Waals surface area contributed by atoms with Crippen LogP contribution in [0.3, 0.4) is 0 Å². The van der Waals surface area contributed by atoms with Crippen molar-refractivity contribution in [3.8, 4) is 17.1 Å². The van der Waals surface area contributed by atoms with E-state index in [0.29, 0.717) is 13.2 Å². The van der Waals surface area contributed by atoms with Crippen molar-refractivity contribution in [1.29, 1.82) is 0 Å². The van der Waals surface area contributed by atoms with E-state index in [4.69, 9.17) is 9.15 Å². The summed E-state index contributed by atoms with van der Waals surface area (Å²) in [6, 6.07) is 22.3. The van der Waals surface area contributed by atoms with Crippen molar-refractivity contribution in [1.82, 2.24) is 10.2 Å². The Kier molecular flexibility index (Phi) is 6.47. The number of hydrogen-bond acceptors (Lipinski definition) is 4. The van der Waals surface area contributed by atoms with Gasteiger partial charge in [-0.05, 0) is 32.3 Å². The van der Waals surface area contributed by atoms with Gasteiger partial charge in [0.05, 0.1) is 6.54 Å². The molecule has 1 N–H and O–H groups in total. The van der Waals surface area contributed by atoms with Crippen LogP contribution in [0, 0.1) is 0 Å².